The fraction of sp³-hybridized carbons (Fsp3) is 0.286. The molecular weight excluding hydrogens is 703 g/mol. The van der Waals surface area contributed by atoms with Gasteiger partial charge in [0, 0.05) is 5.56 Å². The van der Waals surface area contributed by atoms with Gasteiger partial charge < -0.3 is 18.9 Å². The van der Waals surface area contributed by atoms with Crippen molar-refractivity contribution in [3.63, 3.8) is 0 Å². The molecule has 8 nitrogen and oxygen atoms in total. The number of para-hydroxylation sites is 1. The van der Waals surface area contributed by atoms with Gasteiger partial charge in [-0.15, -0.1) is 0 Å². The summed E-state index contributed by atoms with van der Waals surface area (Å²) in [5, 5.41) is 0. The van der Waals surface area contributed by atoms with Crippen LogP contribution in [0.5, 0.6) is 17.2 Å². The second kappa shape index (κ2) is 14.0. The fourth-order valence-electron chi connectivity index (χ4n) is 5.23. The summed E-state index contributed by atoms with van der Waals surface area (Å²) in [6.45, 7) is 10.0. The zero-order chi connectivity index (χ0) is 32.2. The van der Waals surface area contributed by atoms with E-state index in [1.165, 1.54) is 11.3 Å². The van der Waals surface area contributed by atoms with Crippen molar-refractivity contribution in [1.29, 1.82) is 0 Å². The number of fused-ring (bicyclic) bond motifs is 1. The van der Waals surface area contributed by atoms with E-state index in [2.05, 4.69) is 28.7 Å². The summed E-state index contributed by atoms with van der Waals surface area (Å²) in [5.74, 6) is 1.27. The molecule has 1 atom stereocenters. The summed E-state index contributed by atoms with van der Waals surface area (Å²) in [7, 11) is 1.60. The van der Waals surface area contributed by atoms with Crippen molar-refractivity contribution in [3.05, 3.63) is 117 Å². The zero-order valence-electron chi connectivity index (χ0n) is 26.0. The molecule has 10 heteroatoms. The normalized spacial score (nSPS) is 14.7. The number of thiazole rings is 1. The van der Waals surface area contributed by atoms with E-state index in [0.29, 0.717) is 50.0 Å². The Kier molecular flexibility index (Phi) is 10.1. The van der Waals surface area contributed by atoms with Gasteiger partial charge in [0.15, 0.2) is 16.3 Å². The third kappa shape index (κ3) is 7.01. The van der Waals surface area contributed by atoms with Crippen molar-refractivity contribution in [1.82, 2.24) is 4.57 Å². The third-order valence-electron chi connectivity index (χ3n) is 7.11. The minimum atomic E-state index is -0.774. The van der Waals surface area contributed by atoms with Crippen LogP contribution in [0.1, 0.15) is 56.0 Å². The summed E-state index contributed by atoms with van der Waals surface area (Å²) in [4.78, 5) is 32.7. The number of aryl methyl sites for hydroxylation is 1. The van der Waals surface area contributed by atoms with Crippen LogP contribution in [0.3, 0.4) is 0 Å². The Labute approximate surface area is 279 Å². The molecule has 5 rings (SSSR count). The van der Waals surface area contributed by atoms with E-state index in [9.17, 15) is 9.59 Å². The van der Waals surface area contributed by atoms with E-state index < -0.39 is 12.0 Å². The van der Waals surface area contributed by atoms with E-state index in [-0.39, 0.29) is 18.3 Å². The van der Waals surface area contributed by atoms with Crippen molar-refractivity contribution in [3.8, 4) is 17.2 Å². The van der Waals surface area contributed by atoms with Crippen LogP contribution in [-0.4, -0.2) is 30.4 Å². The van der Waals surface area contributed by atoms with Crippen molar-refractivity contribution in [2.24, 2.45) is 4.99 Å². The van der Waals surface area contributed by atoms with Crippen LogP contribution in [0, 0.1) is 10.5 Å². The first kappa shape index (κ1) is 32.5. The number of rotatable bonds is 10. The molecule has 2 heterocycles. The van der Waals surface area contributed by atoms with Gasteiger partial charge in [-0.2, -0.15) is 0 Å². The Bertz CT molecular complexity index is 1960. The Morgan fingerprint density at radius 1 is 1.09 bits per heavy atom. The highest BCUT2D eigenvalue weighted by Crippen LogP contribution is 2.37. The Balaban J connectivity index is 1.60. The van der Waals surface area contributed by atoms with Crippen LogP contribution in [0.15, 0.2) is 81.7 Å². The molecule has 234 valence electrons. The van der Waals surface area contributed by atoms with E-state index in [1.54, 1.807) is 25.5 Å². The number of esters is 1. The summed E-state index contributed by atoms with van der Waals surface area (Å²) >= 11 is 3.49. The van der Waals surface area contributed by atoms with E-state index in [0.717, 1.165) is 20.3 Å². The zero-order valence-corrected chi connectivity index (χ0v) is 29.0. The average molecular weight is 739 g/mol. The molecule has 0 fully saturated rings. The number of benzene rings is 3. The molecule has 0 N–H and O–H groups in total. The molecule has 45 heavy (non-hydrogen) atoms. The van der Waals surface area contributed by atoms with Gasteiger partial charge in [0.2, 0.25) is 0 Å². The maximum atomic E-state index is 14.2. The molecule has 0 radical (unpaired) electrons. The number of halogens is 1. The van der Waals surface area contributed by atoms with Crippen molar-refractivity contribution in [2.75, 3.05) is 13.7 Å². The lowest BCUT2D eigenvalue weighted by Gasteiger charge is -2.26. The average Bonchev–Trinajstić information content (AvgIpc) is 3.29. The lowest BCUT2D eigenvalue weighted by atomic mass is 9.95. The lowest BCUT2D eigenvalue weighted by molar-refractivity contribution is -0.139. The number of hydrogen-bond donors (Lipinski definition) is 0. The monoisotopic (exact) mass is 738 g/mol. The first-order valence-corrected chi connectivity index (χ1v) is 16.5. The van der Waals surface area contributed by atoms with Crippen molar-refractivity contribution < 1.29 is 23.7 Å². The van der Waals surface area contributed by atoms with Gasteiger partial charge in [0.1, 0.15) is 18.4 Å². The van der Waals surface area contributed by atoms with Gasteiger partial charge in [0.05, 0.1) is 39.2 Å². The van der Waals surface area contributed by atoms with Gasteiger partial charge in [-0.1, -0.05) is 59.4 Å². The van der Waals surface area contributed by atoms with E-state index in [4.69, 9.17) is 23.9 Å². The molecular formula is C35H35IN2O6S. The van der Waals surface area contributed by atoms with Crippen LogP contribution in [0.25, 0.3) is 6.08 Å². The molecule has 0 bridgehead atoms. The topological polar surface area (TPSA) is 88.4 Å². The minimum absolute atomic E-state index is 0.112. The highest BCUT2D eigenvalue weighted by molar-refractivity contribution is 14.1. The van der Waals surface area contributed by atoms with Gasteiger partial charge in [-0.3, -0.25) is 9.36 Å². The van der Waals surface area contributed by atoms with Crippen LogP contribution in [0.2, 0.25) is 0 Å². The molecule has 0 unspecified atom stereocenters. The van der Waals surface area contributed by atoms with Crippen LogP contribution >= 0.6 is 33.9 Å². The Morgan fingerprint density at radius 3 is 2.58 bits per heavy atom. The van der Waals surface area contributed by atoms with Crippen LogP contribution in [-0.2, 0) is 16.1 Å². The third-order valence-corrected chi connectivity index (χ3v) is 8.89. The molecule has 3 aromatic carbocycles. The molecule has 4 aromatic rings. The van der Waals surface area contributed by atoms with Crippen LogP contribution in [0.4, 0.5) is 0 Å². The largest absolute Gasteiger partial charge is 0.493 e. The number of hydrogen-bond acceptors (Lipinski definition) is 8. The molecule has 0 spiro atoms. The minimum Gasteiger partial charge on any atom is -0.493 e. The second-order valence-corrected chi connectivity index (χ2v) is 13.0. The molecule has 0 saturated carbocycles. The molecule has 0 amide bonds. The van der Waals surface area contributed by atoms with Gasteiger partial charge >= 0.3 is 5.97 Å². The first-order chi connectivity index (χ1) is 21.6. The molecule has 1 aliphatic rings. The number of methoxy groups -OCH3 is 1. The van der Waals surface area contributed by atoms with Crippen molar-refractivity contribution >= 4 is 46.0 Å². The first-order valence-electron chi connectivity index (χ1n) is 14.6. The number of nitrogens with zero attached hydrogens (tertiary/aromatic N) is 2. The van der Waals surface area contributed by atoms with E-state index >= 15 is 0 Å². The van der Waals surface area contributed by atoms with Gasteiger partial charge in [-0.25, -0.2) is 9.79 Å². The standard InChI is InChI=1S/C35H35IN2O6S/c1-7-42-34(40)30-22(5)37-35-38(31(30)25-13-8-9-14-27(25)44-20(2)3)33(39)29(45-35)18-24-16-26(36)32(28(17-24)41-6)43-19-23-12-10-11-21(4)15-23/h8-18,20,31H,7,19H2,1-6H3/b29-18+/t31-/m0/s1. The Morgan fingerprint density at radius 2 is 1.87 bits per heavy atom. The lowest BCUT2D eigenvalue weighted by Crippen LogP contribution is -2.40. The number of aromatic nitrogens is 1. The second-order valence-electron chi connectivity index (χ2n) is 10.8. The predicted octanol–water partition coefficient (Wildman–Crippen LogP) is 6.09. The quantitative estimate of drug-likeness (QED) is 0.145. The predicted molar refractivity (Wildman–Crippen MR) is 184 cm³/mol. The summed E-state index contributed by atoms with van der Waals surface area (Å²) in [6.07, 6.45) is 1.70. The smallest absolute Gasteiger partial charge is 0.338 e. The maximum absolute atomic E-state index is 14.2. The molecule has 0 aliphatic carbocycles. The number of carbonyl (C=O) groups is 1. The van der Waals surface area contributed by atoms with Crippen molar-refractivity contribution in [2.45, 2.75) is 53.4 Å². The van der Waals surface area contributed by atoms with Gasteiger partial charge in [0.25, 0.3) is 5.56 Å². The fourth-order valence-corrected chi connectivity index (χ4v) is 7.05. The molecule has 1 aromatic heterocycles. The number of carbonyl (C=O) groups excluding carboxylic acids is 1. The molecule has 1 aliphatic heterocycles. The Hall–Kier alpha value is -3.90. The maximum Gasteiger partial charge on any atom is 0.338 e. The highest BCUT2D eigenvalue weighted by Gasteiger charge is 2.35. The molecule has 0 saturated heterocycles. The SMILES string of the molecule is CCOC(=O)C1=C(C)N=c2s/c(=C/c3cc(I)c(OCc4cccc(C)c4)c(OC)c3)c(=O)n2[C@H]1c1ccccc1OC(C)C. The number of allylic oxidation sites excluding steroid dienone is 1. The van der Waals surface area contributed by atoms with E-state index in [1.807, 2.05) is 81.4 Å². The summed E-state index contributed by atoms with van der Waals surface area (Å²) in [5.41, 5.74) is 4.21. The number of ether oxygens (including phenoxy) is 4. The van der Waals surface area contributed by atoms with Gasteiger partial charge in [-0.05, 0) is 92.6 Å². The summed E-state index contributed by atoms with van der Waals surface area (Å²) < 4.78 is 26.3. The van der Waals surface area contributed by atoms with Crippen LogP contribution < -0.4 is 29.1 Å². The highest BCUT2D eigenvalue weighted by atomic mass is 127. The summed E-state index contributed by atoms with van der Waals surface area (Å²) in [6, 6.07) is 18.7.